The lowest BCUT2D eigenvalue weighted by atomic mass is 11.1. The van der Waals surface area contributed by atoms with Crippen molar-refractivity contribution < 1.29 is 38.2 Å². The summed E-state index contributed by atoms with van der Waals surface area (Å²) in [7, 11) is 6.07. The fraction of sp³-hybridized carbons (Fsp3) is 1.00. The van der Waals surface area contributed by atoms with E-state index in [1.54, 1.807) is 0 Å². The molecule has 0 saturated heterocycles. The summed E-state index contributed by atoms with van der Waals surface area (Å²) in [6, 6.07) is 0. The van der Waals surface area contributed by atoms with Crippen LogP contribution < -0.4 is 24.0 Å². The minimum Gasteiger partial charge on any atom is -1.00 e. The van der Waals surface area contributed by atoms with E-state index in [1.807, 2.05) is 0 Å². The molecule has 9 heavy (non-hydrogen) atoms. The fourth-order valence-corrected chi connectivity index (χ4v) is 0.250. The first kappa shape index (κ1) is 12.7. The van der Waals surface area contributed by atoms with Gasteiger partial charge in [-0.05, 0) is 0 Å². The third kappa shape index (κ3) is 4.44. The molecule has 1 atom stereocenters. The van der Waals surface area contributed by atoms with Gasteiger partial charge in [-0.15, -0.1) is 0 Å². The molecule has 0 heterocycles. The number of hydrogen-bond acceptors (Lipinski definition) is 3. The molecule has 0 rings (SSSR count). The van der Waals surface area contributed by atoms with Gasteiger partial charge in [0.1, 0.15) is 0 Å². The maximum Gasteiger partial charge on any atom is 0.395 e. The first-order valence-electron chi connectivity index (χ1n) is 2.19. The van der Waals surface area contributed by atoms with Crippen LogP contribution in [0.1, 0.15) is 0 Å². The number of rotatable bonds is 3. The number of halogens is 1. The molecule has 0 aliphatic rings. The van der Waals surface area contributed by atoms with Gasteiger partial charge in [-0.25, -0.2) is 0 Å². The Morgan fingerprint density at radius 1 is 1.00 bits per heavy atom. The molecule has 3 nitrogen and oxygen atoms in total. The van der Waals surface area contributed by atoms with Crippen LogP contribution in [0.4, 0.5) is 0 Å². The van der Waals surface area contributed by atoms with E-state index in [1.165, 1.54) is 30.6 Å². The number of methoxy groups -OCH3 is 3. The predicted molar refractivity (Wildman–Crippen MR) is 34.9 cm³/mol. The van der Waals surface area contributed by atoms with Crippen LogP contribution in [-0.4, -0.2) is 27.0 Å². The van der Waals surface area contributed by atoms with Gasteiger partial charge >= 0.3 is 5.71 Å². The third-order valence-electron chi connectivity index (χ3n) is 0.933. The second-order valence-electron chi connectivity index (χ2n) is 1.30. The Balaban J connectivity index is 0. The van der Waals surface area contributed by atoms with Crippen LogP contribution in [-0.2, 0) is 14.2 Å². The standard InChI is InChI=1S/C4H11O3P.HI/c1-5-4(8,6-2)7-3;/h8H2,1-3H3;1H. The van der Waals surface area contributed by atoms with Gasteiger partial charge in [-0.3, -0.25) is 14.2 Å². The van der Waals surface area contributed by atoms with Crippen molar-refractivity contribution in [3.05, 3.63) is 0 Å². The molecule has 0 aliphatic heterocycles. The maximum absolute atomic E-state index is 4.80. The van der Waals surface area contributed by atoms with Gasteiger partial charge in [0, 0.05) is 21.3 Å². The zero-order valence-corrected chi connectivity index (χ0v) is 9.38. The van der Waals surface area contributed by atoms with E-state index in [0.29, 0.717) is 0 Å². The summed E-state index contributed by atoms with van der Waals surface area (Å²) in [6.45, 7) is 0. The zero-order chi connectivity index (χ0) is 6.62. The lowest BCUT2D eigenvalue weighted by Crippen LogP contribution is -3.00. The second kappa shape index (κ2) is 5.80. The Bertz CT molecular complexity index is 58.6. The summed E-state index contributed by atoms with van der Waals surface area (Å²) in [4.78, 5) is 0. The Morgan fingerprint density at radius 2 is 1.22 bits per heavy atom. The Kier molecular flexibility index (Phi) is 8.18. The van der Waals surface area contributed by atoms with Gasteiger partial charge in [0.25, 0.3) is 0 Å². The topological polar surface area (TPSA) is 27.7 Å². The molecule has 5 heteroatoms. The molecule has 0 saturated carbocycles. The highest BCUT2D eigenvalue weighted by Crippen LogP contribution is 2.19. The molecular weight excluding hydrogens is 254 g/mol. The van der Waals surface area contributed by atoms with Gasteiger partial charge < -0.3 is 24.0 Å². The molecule has 1 unspecified atom stereocenters. The Hall–Kier alpha value is 1.04. The van der Waals surface area contributed by atoms with E-state index in [4.69, 9.17) is 14.2 Å². The van der Waals surface area contributed by atoms with Crippen molar-refractivity contribution in [2.24, 2.45) is 0 Å². The van der Waals surface area contributed by atoms with Crippen LogP contribution >= 0.6 is 9.24 Å². The molecule has 0 aromatic heterocycles. The van der Waals surface area contributed by atoms with E-state index in [9.17, 15) is 0 Å². The molecule has 0 aromatic rings. The van der Waals surface area contributed by atoms with Crippen molar-refractivity contribution >= 4 is 9.24 Å². The molecule has 58 valence electrons. The van der Waals surface area contributed by atoms with Crippen LogP contribution in [0.25, 0.3) is 0 Å². The summed E-state index contributed by atoms with van der Waals surface area (Å²) >= 11 is 0. The third-order valence-corrected chi connectivity index (χ3v) is 1.80. The minimum absolute atomic E-state index is 0. The Labute approximate surface area is 74.6 Å². The highest BCUT2D eigenvalue weighted by molar-refractivity contribution is 7.17. The van der Waals surface area contributed by atoms with Crippen LogP contribution in [0.2, 0.25) is 0 Å². The maximum atomic E-state index is 4.80. The molecule has 0 spiro atoms. The highest BCUT2D eigenvalue weighted by Gasteiger charge is 2.27. The molecule has 0 radical (unpaired) electrons. The van der Waals surface area contributed by atoms with Crippen LogP contribution in [0, 0.1) is 0 Å². The monoisotopic (exact) mass is 266 g/mol. The second-order valence-corrected chi connectivity index (χ2v) is 2.16. The van der Waals surface area contributed by atoms with Gasteiger partial charge in [0.05, 0.1) is 9.24 Å². The van der Waals surface area contributed by atoms with Crippen LogP contribution in [0.5, 0.6) is 0 Å². The average Bonchev–Trinajstić information content (AvgIpc) is 1.87. The predicted octanol–water partition coefficient (Wildman–Crippen LogP) is -2.85. The van der Waals surface area contributed by atoms with E-state index in [0.717, 1.165) is 0 Å². The molecule has 0 N–H and O–H groups in total. The van der Waals surface area contributed by atoms with Crippen LogP contribution in [0.3, 0.4) is 0 Å². The number of ether oxygens (including phenoxy) is 3. The van der Waals surface area contributed by atoms with Crippen molar-refractivity contribution in [1.82, 2.24) is 0 Å². The number of hydrogen-bond donors (Lipinski definition) is 0. The smallest absolute Gasteiger partial charge is 0.395 e. The molecule has 0 aliphatic carbocycles. The van der Waals surface area contributed by atoms with E-state index < -0.39 is 5.71 Å². The average molecular weight is 266 g/mol. The van der Waals surface area contributed by atoms with Crippen molar-refractivity contribution in [3.63, 3.8) is 0 Å². The fourth-order valence-electron chi connectivity index (χ4n) is 0.250. The van der Waals surface area contributed by atoms with Crippen molar-refractivity contribution in [3.8, 4) is 0 Å². The van der Waals surface area contributed by atoms with Crippen molar-refractivity contribution in [2.45, 2.75) is 5.71 Å². The lowest BCUT2D eigenvalue weighted by molar-refractivity contribution is -0.285. The van der Waals surface area contributed by atoms with Gasteiger partial charge in [-0.1, -0.05) is 0 Å². The van der Waals surface area contributed by atoms with E-state index >= 15 is 0 Å². The summed E-state index contributed by atoms with van der Waals surface area (Å²) in [5.41, 5.74) is -0.847. The zero-order valence-electron chi connectivity index (χ0n) is 5.81. The first-order valence-corrected chi connectivity index (χ1v) is 2.90. The van der Waals surface area contributed by atoms with E-state index in [2.05, 4.69) is 0 Å². The quantitative estimate of drug-likeness (QED) is 0.313. The highest BCUT2D eigenvalue weighted by atomic mass is 127. The summed E-state index contributed by atoms with van der Waals surface area (Å²) < 4.78 is 14.4. The summed E-state index contributed by atoms with van der Waals surface area (Å²) in [5.74, 6) is 0. The molecule has 0 bridgehead atoms. The lowest BCUT2D eigenvalue weighted by Gasteiger charge is -2.17. The van der Waals surface area contributed by atoms with Gasteiger partial charge in [0.2, 0.25) is 0 Å². The molecule has 0 fully saturated rings. The van der Waals surface area contributed by atoms with E-state index in [-0.39, 0.29) is 24.0 Å². The summed E-state index contributed by atoms with van der Waals surface area (Å²) in [6.07, 6.45) is 0. The summed E-state index contributed by atoms with van der Waals surface area (Å²) in [5, 5.41) is 0. The van der Waals surface area contributed by atoms with Crippen molar-refractivity contribution in [1.29, 1.82) is 0 Å². The minimum atomic E-state index is -0.847. The molecule has 0 aromatic carbocycles. The Morgan fingerprint density at radius 3 is 1.22 bits per heavy atom. The van der Waals surface area contributed by atoms with Gasteiger partial charge in [0.15, 0.2) is 0 Å². The van der Waals surface area contributed by atoms with Gasteiger partial charge in [-0.2, -0.15) is 0 Å². The normalized spacial score (nSPS) is 11.0. The van der Waals surface area contributed by atoms with Crippen molar-refractivity contribution in [2.75, 3.05) is 21.3 Å². The molecule has 0 amide bonds. The largest absolute Gasteiger partial charge is 1.00 e. The first-order chi connectivity index (χ1) is 3.68. The molecular formula is C4H12IO3P. The SMILES string of the molecule is COC([PH3+])(OC)OC.[I-]. The van der Waals surface area contributed by atoms with Crippen LogP contribution in [0.15, 0.2) is 0 Å².